The number of hydrogen-bond donors (Lipinski definition) is 2. The first-order valence-corrected chi connectivity index (χ1v) is 4.77. The van der Waals surface area contributed by atoms with Crippen molar-refractivity contribution in [1.82, 2.24) is 4.90 Å². The van der Waals surface area contributed by atoms with Gasteiger partial charge in [-0.05, 0) is 25.3 Å². The van der Waals surface area contributed by atoms with E-state index < -0.39 is 6.10 Å². The van der Waals surface area contributed by atoms with E-state index in [1.807, 2.05) is 0 Å². The zero-order valence-electron chi connectivity index (χ0n) is 7.74. The van der Waals surface area contributed by atoms with E-state index in [-0.39, 0.29) is 6.61 Å². The fourth-order valence-electron chi connectivity index (χ4n) is 1.35. The van der Waals surface area contributed by atoms with Crippen LogP contribution in [0.25, 0.3) is 0 Å². The molecule has 1 fully saturated rings. The van der Waals surface area contributed by atoms with Crippen LogP contribution in [0.3, 0.4) is 0 Å². The maximum atomic E-state index is 9.20. The summed E-state index contributed by atoms with van der Waals surface area (Å²) in [7, 11) is 0. The van der Waals surface area contributed by atoms with Gasteiger partial charge in [-0.15, -0.1) is 0 Å². The summed E-state index contributed by atoms with van der Waals surface area (Å²) in [5.41, 5.74) is 0. The number of aliphatic hydroxyl groups excluding tert-OH is 2. The standard InChI is InChI=1S/C9H19NO2/c1-2-10(5-8-3-4-8)6-9(12)7-11/h8-9,11-12H,2-7H2,1H3. The van der Waals surface area contributed by atoms with Crippen LogP contribution in [0.15, 0.2) is 0 Å². The molecule has 0 amide bonds. The van der Waals surface area contributed by atoms with Gasteiger partial charge in [-0.2, -0.15) is 0 Å². The van der Waals surface area contributed by atoms with E-state index in [0.29, 0.717) is 6.54 Å². The van der Waals surface area contributed by atoms with Crippen LogP contribution in [-0.2, 0) is 0 Å². The van der Waals surface area contributed by atoms with Gasteiger partial charge in [0.2, 0.25) is 0 Å². The van der Waals surface area contributed by atoms with Gasteiger partial charge in [0, 0.05) is 13.1 Å². The molecule has 0 aliphatic heterocycles. The van der Waals surface area contributed by atoms with Gasteiger partial charge in [0.15, 0.2) is 0 Å². The average Bonchev–Trinajstić information content (AvgIpc) is 2.86. The molecule has 0 spiro atoms. The van der Waals surface area contributed by atoms with E-state index in [9.17, 15) is 5.11 Å². The molecule has 0 heterocycles. The van der Waals surface area contributed by atoms with Crippen LogP contribution in [0.2, 0.25) is 0 Å². The Bertz CT molecular complexity index is 126. The third kappa shape index (κ3) is 3.52. The quantitative estimate of drug-likeness (QED) is 0.597. The third-order valence-corrected chi connectivity index (χ3v) is 2.34. The first-order chi connectivity index (χ1) is 5.76. The van der Waals surface area contributed by atoms with E-state index >= 15 is 0 Å². The van der Waals surface area contributed by atoms with Crippen LogP contribution in [-0.4, -0.2) is 47.5 Å². The molecule has 0 radical (unpaired) electrons. The second-order valence-electron chi connectivity index (χ2n) is 3.63. The van der Waals surface area contributed by atoms with E-state index in [1.54, 1.807) is 0 Å². The normalized spacial score (nSPS) is 20.0. The molecule has 0 saturated heterocycles. The van der Waals surface area contributed by atoms with Crippen molar-refractivity contribution in [1.29, 1.82) is 0 Å². The van der Waals surface area contributed by atoms with Gasteiger partial charge in [0.1, 0.15) is 0 Å². The Morgan fingerprint density at radius 2 is 2.17 bits per heavy atom. The van der Waals surface area contributed by atoms with Crippen molar-refractivity contribution in [3.8, 4) is 0 Å². The Morgan fingerprint density at radius 1 is 1.50 bits per heavy atom. The zero-order valence-corrected chi connectivity index (χ0v) is 7.74. The second-order valence-corrected chi connectivity index (χ2v) is 3.63. The monoisotopic (exact) mass is 173 g/mol. The van der Waals surface area contributed by atoms with Crippen LogP contribution in [0.1, 0.15) is 19.8 Å². The molecule has 1 unspecified atom stereocenters. The fourth-order valence-corrected chi connectivity index (χ4v) is 1.35. The molecule has 1 aliphatic rings. The molecule has 2 N–H and O–H groups in total. The molecule has 0 aromatic carbocycles. The molecular formula is C9H19NO2. The minimum absolute atomic E-state index is 0.124. The van der Waals surface area contributed by atoms with Crippen LogP contribution in [0.4, 0.5) is 0 Å². The molecule has 3 nitrogen and oxygen atoms in total. The lowest BCUT2D eigenvalue weighted by Gasteiger charge is -2.22. The summed E-state index contributed by atoms with van der Waals surface area (Å²) in [6.07, 6.45) is 2.11. The van der Waals surface area contributed by atoms with Crippen molar-refractivity contribution in [3.63, 3.8) is 0 Å². The van der Waals surface area contributed by atoms with Gasteiger partial charge in [-0.1, -0.05) is 6.92 Å². The van der Waals surface area contributed by atoms with Crippen LogP contribution in [0, 0.1) is 5.92 Å². The minimum Gasteiger partial charge on any atom is -0.394 e. The molecule has 0 aromatic heterocycles. The molecule has 0 aromatic rings. The molecule has 1 aliphatic carbocycles. The fraction of sp³-hybridized carbons (Fsp3) is 1.00. The number of aliphatic hydroxyl groups is 2. The van der Waals surface area contributed by atoms with Gasteiger partial charge >= 0.3 is 0 Å². The molecule has 1 atom stereocenters. The van der Waals surface area contributed by atoms with E-state index in [4.69, 9.17) is 5.11 Å². The Balaban J connectivity index is 2.14. The second kappa shape index (κ2) is 4.80. The van der Waals surface area contributed by atoms with Gasteiger partial charge < -0.3 is 15.1 Å². The molecule has 12 heavy (non-hydrogen) atoms. The van der Waals surface area contributed by atoms with E-state index in [0.717, 1.165) is 19.0 Å². The molecule has 1 rings (SSSR count). The maximum Gasteiger partial charge on any atom is 0.0897 e. The predicted molar refractivity (Wildman–Crippen MR) is 47.9 cm³/mol. The van der Waals surface area contributed by atoms with Crippen LogP contribution in [0.5, 0.6) is 0 Å². The summed E-state index contributed by atoms with van der Waals surface area (Å²) in [5, 5.41) is 17.9. The highest BCUT2D eigenvalue weighted by Gasteiger charge is 2.24. The summed E-state index contributed by atoms with van der Waals surface area (Å²) in [4.78, 5) is 2.21. The summed E-state index contributed by atoms with van der Waals surface area (Å²) < 4.78 is 0. The first-order valence-electron chi connectivity index (χ1n) is 4.77. The smallest absolute Gasteiger partial charge is 0.0897 e. The van der Waals surface area contributed by atoms with Crippen LogP contribution < -0.4 is 0 Å². The number of likely N-dealkylation sites (N-methyl/N-ethyl adjacent to an activating group) is 1. The summed E-state index contributed by atoms with van der Waals surface area (Å²) in [5.74, 6) is 0.857. The Labute approximate surface area is 74.0 Å². The van der Waals surface area contributed by atoms with Crippen molar-refractivity contribution < 1.29 is 10.2 Å². The highest BCUT2D eigenvalue weighted by atomic mass is 16.3. The number of hydrogen-bond acceptors (Lipinski definition) is 3. The lowest BCUT2D eigenvalue weighted by molar-refractivity contribution is 0.0593. The highest BCUT2D eigenvalue weighted by Crippen LogP contribution is 2.29. The van der Waals surface area contributed by atoms with E-state index in [1.165, 1.54) is 12.8 Å². The highest BCUT2D eigenvalue weighted by molar-refractivity contribution is 4.77. The van der Waals surface area contributed by atoms with E-state index in [2.05, 4.69) is 11.8 Å². The van der Waals surface area contributed by atoms with Gasteiger partial charge in [-0.25, -0.2) is 0 Å². The first kappa shape index (κ1) is 9.96. The summed E-state index contributed by atoms with van der Waals surface area (Å²) in [6.45, 7) is 4.64. The lowest BCUT2D eigenvalue weighted by atomic mass is 10.3. The van der Waals surface area contributed by atoms with Crippen molar-refractivity contribution in [2.45, 2.75) is 25.9 Å². The Morgan fingerprint density at radius 3 is 2.58 bits per heavy atom. The van der Waals surface area contributed by atoms with Crippen molar-refractivity contribution in [2.75, 3.05) is 26.2 Å². The third-order valence-electron chi connectivity index (χ3n) is 2.34. The molecule has 3 heteroatoms. The largest absolute Gasteiger partial charge is 0.394 e. The molecular weight excluding hydrogens is 154 g/mol. The molecule has 1 saturated carbocycles. The SMILES string of the molecule is CCN(CC(O)CO)CC1CC1. The number of rotatable bonds is 6. The van der Waals surface area contributed by atoms with Crippen LogP contribution >= 0.6 is 0 Å². The van der Waals surface area contributed by atoms with Crippen molar-refractivity contribution in [2.24, 2.45) is 5.92 Å². The van der Waals surface area contributed by atoms with Crippen molar-refractivity contribution in [3.05, 3.63) is 0 Å². The number of nitrogens with zero attached hydrogens (tertiary/aromatic N) is 1. The van der Waals surface area contributed by atoms with Gasteiger partial charge in [0.25, 0.3) is 0 Å². The topological polar surface area (TPSA) is 43.7 Å². The molecule has 0 bridgehead atoms. The van der Waals surface area contributed by atoms with Gasteiger partial charge in [0.05, 0.1) is 12.7 Å². The Kier molecular flexibility index (Phi) is 3.98. The lowest BCUT2D eigenvalue weighted by Crippen LogP contribution is -2.35. The summed E-state index contributed by atoms with van der Waals surface area (Å²) >= 11 is 0. The minimum atomic E-state index is -0.566. The summed E-state index contributed by atoms with van der Waals surface area (Å²) in [6, 6.07) is 0. The van der Waals surface area contributed by atoms with Gasteiger partial charge in [-0.3, -0.25) is 0 Å². The van der Waals surface area contributed by atoms with Crippen molar-refractivity contribution >= 4 is 0 Å². The molecule has 72 valence electrons. The zero-order chi connectivity index (χ0) is 8.97. The maximum absolute atomic E-state index is 9.20. The predicted octanol–water partition coefficient (Wildman–Crippen LogP) is 0.0715. The average molecular weight is 173 g/mol. The Hall–Kier alpha value is -0.120.